The number of hydrogen-bond donors (Lipinski definition) is 1. The van der Waals surface area contributed by atoms with Crippen LogP contribution >= 0.6 is 0 Å². The third kappa shape index (κ3) is 3.89. The van der Waals surface area contributed by atoms with Crippen LogP contribution in [0.5, 0.6) is 5.75 Å². The van der Waals surface area contributed by atoms with Gasteiger partial charge < -0.3 is 15.0 Å². The highest BCUT2D eigenvalue weighted by molar-refractivity contribution is 5.80. The lowest BCUT2D eigenvalue weighted by Gasteiger charge is -2.24. The Morgan fingerprint density at radius 1 is 1.15 bits per heavy atom. The van der Waals surface area contributed by atoms with E-state index < -0.39 is 6.10 Å². The standard InChI is InChI=1S/C16H24N2O2/c1-13(16(19)18-11-5-3-4-6-12-18)20-15-9-7-14(17-2)8-10-15/h7-10,13,17H,3-6,11-12H2,1-2H3. The quantitative estimate of drug-likeness (QED) is 0.919. The van der Waals surface area contributed by atoms with Gasteiger partial charge in [0.1, 0.15) is 5.75 Å². The number of carbonyl (C=O) groups is 1. The molecule has 110 valence electrons. The molecule has 1 aromatic carbocycles. The topological polar surface area (TPSA) is 41.6 Å². The van der Waals surface area contributed by atoms with E-state index in [1.807, 2.05) is 43.1 Å². The molecule has 1 N–H and O–H groups in total. The number of carbonyl (C=O) groups excluding carboxylic acids is 1. The van der Waals surface area contributed by atoms with Crippen LogP contribution < -0.4 is 10.1 Å². The molecule has 0 bridgehead atoms. The van der Waals surface area contributed by atoms with Gasteiger partial charge in [0, 0.05) is 25.8 Å². The van der Waals surface area contributed by atoms with E-state index in [2.05, 4.69) is 5.32 Å². The fourth-order valence-corrected chi connectivity index (χ4v) is 2.50. The first-order chi connectivity index (χ1) is 9.70. The summed E-state index contributed by atoms with van der Waals surface area (Å²) in [7, 11) is 1.88. The van der Waals surface area contributed by atoms with Crippen molar-refractivity contribution >= 4 is 11.6 Å². The predicted octanol–water partition coefficient (Wildman–Crippen LogP) is 2.90. The average Bonchev–Trinajstić information content (AvgIpc) is 2.76. The fraction of sp³-hybridized carbons (Fsp3) is 0.562. The molecule has 0 spiro atoms. The van der Waals surface area contributed by atoms with Crippen molar-refractivity contribution in [2.24, 2.45) is 0 Å². The van der Waals surface area contributed by atoms with Crippen molar-refractivity contribution in [3.63, 3.8) is 0 Å². The van der Waals surface area contributed by atoms with Crippen LogP contribution in [0.3, 0.4) is 0 Å². The van der Waals surface area contributed by atoms with Gasteiger partial charge in [0.15, 0.2) is 6.10 Å². The lowest BCUT2D eigenvalue weighted by atomic mass is 10.2. The Hall–Kier alpha value is -1.71. The molecule has 20 heavy (non-hydrogen) atoms. The van der Waals surface area contributed by atoms with E-state index in [0.717, 1.165) is 37.4 Å². The molecule has 1 aliphatic heterocycles. The second-order valence-electron chi connectivity index (χ2n) is 5.27. The summed E-state index contributed by atoms with van der Waals surface area (Å²) in [5.74, 6) is 0.837. The Morgan fingerprint density at radius 3 is 2.30 bits per heavy atom. The molecule has 4 heteroatoms. The molecule has 1 saturated heterocycles. The van der Waals surface area contributed by atoms with Gasteiger partial charge in [-0.1, -0.05) is 12.8 Å². The second-order valence-corrected chi connectivity index (χ2v) is 5.27. The van der Waals surface area contributed by atoms with Gasteiger partial charge in [0.05, 0.1) is 0 Å². The number of amides is 1. The van der Waals surface area contributed by atoms with E-state index in [1.165, 1.54) is 12.8 Å². The van der Waals surface area contributed by atoms with Gasteiger partial charge in [-0.05, 0) is 44.0 Å². The number of likely N-dealkylation sites (tertiary alicyclic amines) is 1. The minimum absolute atomic E-state index is 0.101. The van der Waals surface area contributed by atoms with E-state index in [-0.39, 0.29) is 5.91 Å². The van der Waals surface area contributed by atoms with Gasteiger partial charge in [0.2, 0.25) is 0 Å². The van der Waals surface area contributed by atoms with E-state index in [0.29, 0.717) is 0 Å². The summed E-state index contributed by atoms with van der Waals surface area (Å²) in [6, 6.07) is 7.66. The number of anilines is 1. The van der Waals surface area contributed by atoms with Crippen LogP contribution in [0.1, 0.15) is 32.6 Å². The van der Waals surface area contributed by atoms with Gasteiger partial charge in [-0.3, -0.25) is 4.79 Å². The second kappa shape index (κ2) is 7.17. The third-order valence-corrected chi connectivity index (χ3v) is 3.72. The minimum Gasteiger partial charge on any atom is -0.481 e. The van der Waals surface area contributed by atoms with Crippen molar-refractivity contribution in [2.45, 2.75) is 38.7 Å². The molecule has 0 aromatic heterocycles. The van der Waals surface area contributed by atoms with Crippen molar-refractivity contribution in [1.82, 2.24) is 4.90 Å². The van der Waals surface area contributed by atoms with Gasteiger partial charge in [-0.15, -0.1) is 0 Å². The first-order valence-corrected chi connectivity index (χ1v) is 7.44. The van der Waals surface area contributed by atoms with Crippen molar-refractivity contribution in [3.05, 3.63) is 24.3 Å². The Labute approximate surface area is 121 Å². The summed E-state index contributed by atoms with van der Waals surface area (Å²) in [6.45, 7) is 3.57. The molecule has 0 radical (unpaired) electrons. The highest BCUT2D eigenvalue weighted by Crippen LogP contribution is 2.18. The Balaban J connectivity index is 1.92. The average molecular weight is 276 g/mol. The maximum absolute atomic E-state index is 12.4. The van der Waals surface area contributed by atoms with Crippen LogP contribution in [0.2, 0.25) is 0 Å². The van der Waals surface area contributed by atoms with E-state index in [4.69, 9.17) is 4.74 Å². The number of rotatable bonds is 4. The van der Waals surface area contributed by atoms with E-state index >= 15 is 0 Å². The predicted molar refractivity (Wildman–Crippen MR) is 81.1 cm³/mol. The largest absolute Gasteiger partial charge is 0.481 e. The molecule has 1 amide bonds. The Morgan fingerprint density at radius 2 is 1.75 bits per heavy atom. The van der Waals surface area contributed by atoms with Gasteiger partial charge in [-0.2, -0.15) is 0 Å². The van der Waals surface area contributed by atoms with Gasteiger partial charge in [0.25, 0.3) is 5.91 Å². The monoisotopic (exact) mass is 276 g/mol. The highest BCUT2D eigenvalue weighted by atomic mass is 16.5. The van der Waals surface area contributed by atoms with Crippen LogP contribution in [0.4, 0.5) is 5.69 Å². The molecule has 0 saturated carbocycles. The minimum atomic E-state index is -0.423. The molecule has 1 fully saturated rings. The summed E-state index contributed by atoms with van der Waals surface area (Å²) in [5, 5.41) is 3.06. The lowest BCUT2D eigenvalue weighted by Crippen LogP contribution is -2.40. The summed E-state index contributed by atoms with van der Waals surface area (Å²) < 4.78 is 5.75. The van der Waals surface area contributed by atoms with Gasteiger partial charge >= 0.3 is 0 Å². The first kappa shape index (κ1) is 14.7. The van der Waals surface area contributed by atoms with Crippen LogP contribution in [-0.4, -0.2) is 37.0 Å². The number of nitrogens with one attached hydrogen (secondary N) is 1. The molecule has 1 aliphatic rings. The van der Waals surface area contributed by atoms with Gasteiger partial charge in [-0.25, -0.2) is 0 Å². The zero-order chi connectivity index (χ0) is 14.4. The van der Waals surface area contributed by atoms with Crippen LogP contribution in [0, 0.1) is 0 Å². The number of ether oxygens (including phenoxy) is 1. The van der Waals surface area contributed by atoms with Crippen molar-refractivity contribution in [3.8, 4) is 5.75 Å². The van der Waals surface area contributed by atoms with E-state index in [1.54, 1.807) is 0 Å². The molecular weight excluding hydrogens is 252 g/mol. The molecule has 0 aliphatic carbocycles. The molecule has 4 nitrogen and oxygen atoms in total. The zero-order valence-electron chi connectivity index (χ0n) is 12.4. The van der Waals surface area contributed by atoms with Crippen molar-refractivity contribution < 1.29 is 9.53 Å². The zero-order valence-corrected chi connectivity index (χ0v) is 12.4. The highest BCUT2D eigenvalue weighted by Gasteiger charge is 2.22. The molecule has 1 unspecified atom stereocenters. The number of benzene rings is 1. The normalized spacial score (nSPS) is 17.2. The molecule has 1 atom stereocenters. The summed E-state index contributed by atoms with van der Waals surface area (Å²) >= 11 is 0. The third-order valence-electron chi connectivity index (χ3n) is 3.72. The fourth-order valence-electron chi connectivity index (χ4n) is 2.50. The summed E-state index contributed by atoms with van der Waals surface area (Å²) in [5.41, 5.74) is 1.03. The maximum Gasteiger partial charge on any atom is 0.263 e. The number of hydrogen-bond acceptors (Lipinski definition) is 3. The van der Waals surface area contributed by atoms with Crippen molar-refractivity contribution in [1.29, 1.82) is 0 Å². The molecule has 1 heterocycles. The SMILES string of the molecule is CNc1ccc(OC(C)C(=O)N2CCCCCC2)cc1. The smallest absolute Gasteiger partial charge is 0.263 e. The Bertz CT molecular complexity index is 423. The lowest BCUT2D eigenvalue weighted by molar-refractivity contribution is -0.137. The summed E-state index contributed by atoms with van der Waals surface area (Å²) in [4.78, 5) is 14.3. The van der Waals surface area contributed by atoms with E-state index in [9.17, 15) is 4.79 Å². The van der Waals surface area contributed by atoms with Crippen LogP contribution in [0.15, 0.2) is 24.3 Å². The molecular formula is C16H24N2O2. The first-order valence-electron chi connectivity index (χ1n) is 7.44. The number of nitrogens with zero attached hydrogens (tertiary/aromatic N) is 1. The Kier molecular flexibility index (Phi) is 5.27. The molecule has 2 rings (SSSR count). The summed E-state index contributed by atoms with van der Waals surface area (Å²) in [6.07, 6.45) is 4.24. The molecule has 1 aromatic rings. The van der Waals surface area contributed by atoms with Crippen molar-refractivity contribution in [2.75, 3.05) is 25.5 Å². The van der Waals surface area contributed by atoms with Crippen LogP contribution in [-0.2, 0) is 4.79 Å². The van der Waals surface area contributed by atoms with Crippen LogP contribution in [0.25, 0.3) is 0 Å². The maximum atomic E-state index is 12.4.